The van der Waals surface area contributed by atoms with Gasteiger partial charge < -0.3 is 24.6 Å². The summed E-state index contributed by atoms with van der Waals surface area (Å²) < 4.78 is 15.5. The molecule has 1 aliphatic rings. The van der Waals surface area contributed by atoms with Gasteiger partial charge in [0.2, 0.25) is 5.75 Å². The van der Waals surface area contributed by atoms with Crippen LogP contribution >= 0.6 is 0 Å². The van der Waals surface area contributed by atoms with Crippen molar-refractivity contribution in [3.8, 4) is 17.2 Å². The minimum absolute atomic E-state index is 0.0440. The molecule has 5 heteroatoms. The van der Waals surface area contributed by atoms with Crippen LogP contribution in [0.1, 0.15) is 24.8 Å². The first-order valence-electron chi connectivity index (χ1n) is 7.27. The van der Waals surface area contributed by atoms with Gasteiger partial charge in [-0.1, -0.05) is 0 Å². The van der Waals surface area contributed by atoms with E-state index in [9.17, 15) is 5.11 Å². The zero-order valence-corrected chi connectivity index (χ0v) is 13.1. The first-order valence-corrected chi connectivity index (χ1v) is 7.27. The predicted octanol–water partition coefficient (Wildman–Crippen LogP) is 2.32. The molecule has 1 saturated carbocycles. The van der Waals surface area contributed by atoms with E-state index in [-0.39, 0.29) is 5.75 Å². The van der Waals surface area contributed by atoms with Crippen LogP contribution in [0.25, 0.3) is 0 Å². The van der Waals surface area contributed by atoms with Crippen molar-refractivity contribution >= 4 is 0 Å². The van der Waals surface area contributed by atoms with Gasteiger partial charge in [-0.2, -0.15) is 0 Å². The van der Waals surface area contributed by atoms with E-state index < -0.39 is 0 Å². The van der Waals surface area contributed by atoms with Gasteiger partial charge in [0.05, 0.1) is 14.2 Å². The molecule has 0 aliphatic heterocycles. The van der Waals surface area contributed by atoms with Crippen molar-refractivity contribution in [1.29, 1.82) is 0 Å². The molecule has 0 bridgehead atoms. The van der Waals surface area contributed by atoms with Gasteiger partial charge in [-0.25, -0.2) is 0 Å². The normalized spacial score (nSPS) is 15.8. The topological polar surface area (TPSA) is 60.0 Å². The highest BCUT2D eigenvalue weighted by Crippen LogP contribution is 2.48. The summed E-state index contributed by atoms with van der Waals surface area (Å²) in [4.78, 5) is 0. The monoisotopic (exact) mass is 295 g/mol. The van der Waals surface area contributed by atoms with E-state index in [1.807, 2.05) is 12.1 Å². The van der Waals surface area contributed by atoms with E-state index in [4.69, 9.17) is 14.2 Å². The molecule has 1 aliphatic carbocycles. The van der Waals surface area contributed by atoms with Crippen molar-refractivity contribution in [1.82, 2.24) is 5.32 Å². The summed E-state index contributed by atoms with van der Waals surface area (Å²) in [6.45, 7) is 2.53. The summed E-state index contributed by atoms with van der Waals surface area (Å²) in [5.74, 6) is 0.917. The first kappa shape index (κ1) is 15.9. The second-order valence-corrected chi connectivity index (χ2v) is 5.70. The van der Waals surface area contributed by atoms with E-state index in [1.165, 1.54) is 27.1 Å². The van der Waals surface area contributed by atoms with Crippen LogP contribution in [0, 0.1) is 5.41 Å². The van der Waals surface area contributed by atoms with Crippen LogP contribution in [0.15, 0.2) is 12.1 Å². The Bertz CT molecular complexity index is 446. The lowest BCUT2D eigenvalue weighted by Crippen LogP contribution is -2.24. The number of hydrogen-bond acceptors (Lipinski definition) is 5. The molecule has 21 heavy (non-hydrogen) atoms. The fourth-order valence-corrected chi connectivity index (χ4v) is 2.53. The molecule has 118 valence electrons. The van der Waals surface area contributed by atoms with E-state index in [1.54, 1.807) is 7.11 Å². The van der Waals surface area contributed by atoms with Gasteiger partial charge in [-0.05, 0) is 42.4 Å². The number of phenolic OH excluding ortho intramolecular Hbond substituents is 1. The largest absolute Gasteiger partial charge is 0.502 e. The highest BCUT2D eigenvalue weighted by molar-refractivity contribution is 5.52. The van der Waals surface area contributed by atoms with Gasteiger partial charge in [0.15, 0.2) is 11.5 Å². The summed E-state index contributed by atoms with van der Waals surface area (Å²) in [6.07, 6.45) is 3.65. The van der Waals surface area contributed by atoms with E-state index in [0.717, 1.165) is 31.7 Å². The molecule has 0 heterocycles. The van der Waals surface area contributed by atoms with Crippen molar-refractivity contribution in [3.63, 3.8) is 0 Å². The van der Waals surface area contributed by atoms with Crippen LogP contribution in [-0.2, 0) is 11.3 Å². The molecule has 2 rings (SSSR count). The van der Waals surface area contributed by atoms with E-state index in [0.29, 0.717) is 16.9 Å². The Morgan fingerprint density at radius 3 is 2.24 bits per heavy atom. The minimum Gasteiger partial charge on any atom is -0.502 e. The Morgan fingerprint density at radius 1 is 1.14 bits per heavy atom. The highest BCUT2D eigenvalue weighted by atomic mass is 16.5. The molecule has 1 aromatic carbocycles. The van der Waals surface area contributed by atoms with Crippen molar-refractivity contribution in [2.24, 2.45) is 5.41 Å². The summed E-state index contributed by atoms with van der Waals surface area (Å²) in [6, 6.07) is 3.67. The number of nitrogens with one attached hydrogen (secondary N) is 1. The molecule has 0 aromatic heterocycles. The Morgan fingerprint density at radius 2 is 1.76 bits per heavy atom. The lowest BCUT2D eigenvalue weighted by atomic mass is 10.0. The van der Waals surface area contributed by atoms with Crippen molar-refractivity contribution < 1.29 is 19.3 Å². The average molecular weight is 295 g/mol. The summed E-state index contributed by atoms with van der Waals surface area (Å²) in [7, 11) is 4.82. The second kappa shape index (κ2) is 7.00. The van der Waals surface area contributed by atoms with Crippen LogP contribution in [0.2, 0.25) is 0 Å². The summed E-state index contributed by atoms with van der Waals surface area (Å²) >= 11 is 0. The van der Waals surface area contributed by atoms with Crippen molar-refractivity contribution in [3.05, 3.63) is 17.7 Å². The predicted molar refractivity (Wildman–Crippen MR) is 81.1 cm³/mol. The Labute approximate surface area is 126 Å². The van der Waals surface area contributed by atoms with Gasteiger partial charge in [-0.15, -0.1) is 0 Å². The smallest absolute Gasteiger partial charge is 0.200 e. The number of aromatic hydroxyl groups is 1. The second-order valence-electron chi connectivity index (χ2n) is 5.70. The maximum Gasteiger partial charge on any atom is 0.200 e. The number of ether oxygens (including phenoxy) is 3. The third-order valence-electron chi connectivity index (χ3n) is 4.16. The van der Waals surface area contributed by atoms with Crippen LogP contribution in [0.3, 0.4) is 0 Å². The van der Waals surface area contributed by atoms with E-state index in [2.05, 4.69) is 5.32 Å². The molecule has 0 amide bonds. The lowest BCUT2D eigenvalue weighted by molar-refractivity contribution is 0.171. The molecular formula is C16H25NO4. The average Bonchev–Trinajstić information content (AvgIpc) is 3.27. The quantitative estimate of drug-likeness (QED) is 0.732. The molecule has 0 atom stereocenters. The van der Waals surface area contributed by atoms with Crippen LogP contribution < -0.4 is 14.8 Å². The van der Waals surface area contributed by atoms with Gasteiger partial charge in [-0.3, -0.25) is 0 Å². The van der Waals surface area contributed by atoms with Gasteiger partial charge in [0, 0.05) is 26.8 Å². The molecule has 1 fully saturated rings. The zero-order valence-electron chi connectivity index (χ0n) is 13.1. The Hall–Kier alpha value is -1.46. The van der Waals surface area contributed by atoms with Crippen molar-refractivity contribution in [2.75, 3.05) is 34.5 Å². The molecule has 0 spiro atoms. The van der Waals surface area contributed by atoms with Crippen molar-refractivity contribution in [2.45, 2.75) is 25.8 Å². The van der Waals surface area contributed by atoms with Gasteiger partial charge >= 0.3 is 0 Å². The number of rotatable bonds is 9. The van der Waals surface area contributed by atoms with E-state index >= 15 is 0 Å². The third-order valence-corrected chi connectivity index (χ3v) is 4.16. The third kappa shape index (κ3) is 4.02. The molecule has 0 unspecified atom stereocenters. The molecule has 1 aromatic rings. The molecule has 2 N–H and O–H groups in total. The number of phenols is 1. The summed E-state index contributed by atoms with van der Waals surface area (Å²) in [5.41, 5.74) is 1.45. The Kier molecular flexibility index (Phi) is 5.31. The van der Waals surface area contributed by atoms with Crippen LogP contribution in [-0.4, -0.2) is 39.6 Å². The highest BCUT2D eigenvalue weighted by Gasteiger charge is 2.41. The SMILES string of the molecule is COCCC1(CNCc2cc(OC)c(O)c(OC)c2)CC1. The molecule has 5 nitrogen and oxygen atoms in total. The summed E-state index contributed by atoms with van der Waals surface area (Å²) in [5, 5.41) is 13.4. The molecule has 0 saturated heterocycles. The van der Waals surface area contributed by atoms with Crippen LogP contribution in [0.4, 0.5) is 0 Å². The van der Waals surface area contributed by atoms with Gasteiger partial charge in [0.25, 0.3) is 0 Å². The molecular weight excluding hydrogens is 270 g/mol. The Balaban J connectivity index is 1.91. The molecule has 0 radical (unpaired) electrons. The lowest BCUT2D eigenvalue weighted by Gasteiger charge is -2.16. The minimum atomic E-state index is 0.0440. The number of benzene rings is 1. The maximum absolute atomic E-state index is 9.89. The maximum atomic E-state index is 9.89. The van der Waals surface area contributed by atoms with Crippen LogP contribution in [0.5, 0.6) is 17.2 Å². The zero-order chi connectivity index (χ0) is 15.3. The fourth-order valence-electron chi connectivity index (χ4n) is 2.53. The number of hydrogen-bond donors (Lipinski definition) is 2. The first-order chi connectivity index (χ1) is 10.1. The number of methoxy groups -OCH3 is 3. The van der Waals surface area contributed by atoms with Gasteiger partial charge in [0.1, 0.15) is 0 Å². The fraction of sp³-hybridized carbons (Fsp3) is 0.625. The standard InChI is InChI=1S/C16H25NO4/c1-19-7-6-16(4-5-16)11-17-10-12-8-13(20-2)15(18)14(9-12)21-3/h8-9,17-18H,4-7,10-11H2,1-3H3.